The summed E-state index contributed by atoms with van der Waals surface area (Å²) in [5, 5.41) is 8.69. The Morgan fingerprint density at radius 1 is 1.00 bits per heavy atom. The average Bonchev–Trinajstić information content (AvgIpc) is 3.42. The van der Waals surface area contributed by atoms with Crippen LogP contribution in [0.3, 0.4) is 0 Å². The third-order valence-corrected chi connectivity index (χ3v) is 7.72. The van der Waals surface area contributed by atoms with Crippen LogP contribution in [0.5, 0.6) is 0 Å². The van der Waals surface area contributed by atoms with Gasteiger partial charge in [0.1, 0.15) is 11.6 Å². The monoisotopic (exact) mass is 576 g/mol. The molecule has 2 heterocycles. The number of benzene rings is 2. The van der Waals surface area contributed by atoms with E-state index in [1.165, 1.54) is 5.01 Å². The fourth-order valence-corrected chi connectivity index (χ4v) is 5.47. The van der Waals surface area contributed by atoms with Gasteiger partial charge in [-0.05, 0) is 49.7 Å². The molecule has 12 nitrogen and oxygen atoms in total. The Hall–Kier alpha value is -4.29. The highest BCUT2D eigenvalue weighted by Gasteiger charge is 2.51. The molecule has 2 fully saturated rings. The fourth-order valence-electron chi connectivity index (χ4n) is 5.47. The number of hydrazine groups is 1. The lowest BCUT2D eigenvalue weighted by molar-refractivity contribution is -0.165. The summed E-state index contributed by atoms with van der Waals surface area (Å²) in [5.74, 6) is -2.48. The van der Waals surface area contributed by atoms with Gasteiger partial charge in [0.15, 0.2) is 5.96 Å². The molecule has 2 aliphatic rings. The van der Waals surface area contributed by atoms with Crippen molar-refractivity contribution in [2.75, 3.05) is 26.2 Å². The van der Waals surface area contributed by atoms with E-state index in [4.69, 9.17) is 17.2 Å². The zero-order valence-electron chi connectivity index (χ0n) is 23.7. The van der Waals surface area contributed by atoms with Crippen LogP contribution in [0.4, 0.5) is 0 Å². The average molecular weight is 577 g/mol. The summed E-state index contributed by atoms with van der Waals surface area (Å²) in [6, 6.07) is 17.2. The third-order valence-electron chi connectivity index (χ3n) is 7.72. The number of carbonyl (C=O) groups is 4. The number of amides is 3. The van der Waals surface area contributed by atoms with Crippen molar-refractivity contribution in [2.24, 2.45) is 22.2 Å². The summed E-state index contributed by atoms with van der Waals surface area (Å²) < 4.78 is 0. The van der Waals surface area contributed by atoms with Gasteiger partial charge in [0.25, 0.3) is 11.8 Å². The maximum atomic E-state index is 13.7. The number of Topliss-reactive ketones (excluding diaryl/α,β-unsaturated/α-hetero) is 1. The molecule has 42 heavy (non-hydrogen) atoms. The SMILES string of the molecule is NC(N)=NCCCC(NC(=O)C1CCN2CCC(N)(Cc3ccccc3)C(=O)N12)C(=O)C(=O)NCCc1ccccc1. The summed E-state index contributed by atoms with van der Waals surface area (Å²) in [4.78, 5) is 57.2. The smallest absolute Gasteiger partial charge is 0.289 e. The van der Waals surface area contributed by atoms with Crippen molar-refractivity contribution in [3.63, 3.8) is 0 Å². The molecular weight excluding hydrogens is 536 g/mol. The van der Waals surface area contributed by atoms with Crippen LogP contribution >= 0.6 is 0 Å². The lowest BCUT2D eigenvalue weighted by Gasteiger charge is -2.44. The Balaban J connectivity index is 1.42. The number of nitrogens with zero attached hydrogens (tertiary/aromatic N) is 3. The molecule has 8 N–H and O–H groups in total. The predicted molar refractivity (Wildman–Crippen MR) is 159 cm³/mol. The molecular formula is C30H40N8O4. The number of fused-ring (bicyclic) bond motifs is 1. The molecule has 2 aliphatic heterocycles. The van der Waals surface area contributed by atoms with Crippen LogP contribution in [0.2, 0.25) is 0 Å². The van der Waals surface area contributed by atoms with Crippen LogP contribution in [0.25, 0.3) is 0 Å². The normalized spacial score (nSPS) is 20.8. The van der Waals surface area contributed by atoms with E-state index in [1.54, 1.807) is 0 Å². The van der Waals surface area contributed by atoms with Crippen molar-refractivity contribution in [1.29, 1.82) is 0 Å². The molecule has 12 heteroatoms. The van der Waals surface area contributed by atoms with Crippen molar-refractivity contribution in [3.05, 3.63) is 71.8 Å². The molecule has 3 amide bonds. The molecule has 4 rings (SSSR count). The van der Waals surface area contributed by atoms with Gasteiger partial charge >= 0.3 is 0 Å². The van der Waals surface area contributed by atoms with E-state index >= 15 is 0 Å². The van der Waals surface area contributed by atoms with Gasteiger partial charge in [-0.1, -0.05) is 60.7 Å². The lowest BCUT2D eigenvalue weighted by Crippen LogP contribution is -2.67. The maximum absolute atomic E-state index is 13.7. The molecule has 3 atom stereocenters. The second kappa shape index (κ2) is 14.1. The highest BCUT2D eigenvalue weighted by Crippen LogP contribution is 2.31. The van der Waals surface area contributed by atoms with Crippen molar-refractivity contribution in [1.82, 2.24) is 20.7 Å². The largest absolute Gasteiger partial charge is 0.370 e. The van der Waals surface area contributed by atoms with E-state index in [1.807, 2.05) is 65.7 Å². The number of guanidine groups is 1. The fraction of sp³-hybridized carbons (Fsp3) is 0.433. The van der Waals surface area contributed by atoms with Gasteiger partial charge < -0.3 is 27.8 Å². The van der Waals surface area contributed by atoms with Gasteiger partial charge in [-0.15, -0.1) is 0 Å². The first-order valence-electron chi connectivity index (χ1n) is 14.3. The summed E-state index contributed by atoms with van der Waals surface area (Å²) in [7, 11) is 0. The highest BCUT2D eigenvalue weighted by molar-refractivity contribution is 6.38. The van der Waals surface area contributed by atoms with E-state index in [9.17, 15) is 19.2 Å². The first kappa shape index (κ1) is 30.7. The number of aliphatic imine (C=N–C) groups is 1. The second-order valence-electron chi connectivity index (χ2n) is 10.8. The number of nitrogens with two attached hydrogens (primary N) is 3. The van der Waals surface area contributed by atoms with E-state index < -0.39 is 35.2 Å². The third kappa shape index (κ3) is 7.71. The number of nitrogens with one attached hydrogen (secondary N) is 2. The maximum Gasteiger partial charge on any atom is 0.289 e. The van der Waals surface area contributed by atoms with E-state index in [2.05, 4.69) is 15.6 Å². The standard InChI is InChI=1S/C30H40N8O4/c31-29(32)35-16-7-12-23(25(39)27(41)34-17-13-21-8-3-1-4-9-21)36-26(40)24-14-18-37-19-15-30(33,28(42)38(24)37)20-22-10-5-2-6-11-22/h1-6,8-11,23-24H,7,12-20,33H2,(H,34,41)(H,36,40)(H4,31,32,35). The van der Waals surface area contributed by atoms with E-state index in [-0.39, 0.29) is 31.4 Å². The van der Waals surface area contributed by atoms with Crippen LogP contribution in [-0.2, 0) is 32.0 Å². The summed E-state index contributed by atoms with van der Waals surface area (Å²) in [6.45, 7) is 1.54. The molecule has 224 valence electrons. The molecule has 0 saturated carbocycles. The number of hydrogen-bond acceptors (Lipinski definition) is 7. The number of hydrogen-bond donors (Lipinski definition) is 5. The molecule has 0 aromatic heterocycles. The Bertz CT molecular complexity index is 1280. The first-order chi connectivity index (χ1) is 20.2. The quantitative estimate of drug-likeness (QED) is 0.0922. The summed E-state index contributed by atoms with van der Waals surface area (Å²) >= 11 is 0. The lowest BCUT2D eigenvalue weighted by atomic mass is 9.85. The van der Waals surface area contributed by atoms with Gasteiger partial charge in [-0.2, -0.15) is 0 Å². The van der Waals surface area contributed by atoms with Crippen LogP contribution in [0.15, 0.2) is 65.7 Å². The van der Waals surface area contributed by atoms with Gasteiger partial charge in [0, 0.05) is 26.2 Å². The predicted octanol–water partition coefficient (Wildman–Crippen LogP) is -0.385. The van der Waals surface area contributed by atoms with Gasteiger partial charge in [0.05, 0.1) is 6.04 Å². The van der Waals surface area contributed by atoms with Crippen LogP contribution < -0.4 is 27.8 Å². The van der Waals surface area contributed by atoms with Crippen molar-refractivity contribution in [2.45, 2.75) is 56.1 Å². The van der Waals surface area contributed by atoms with Crippen molar-refractivity contribution in [3.8, 4) is 0 Å². The Kier molecular flexibility index (Phi) is 10.3. The Morgan fingerprint density at radius 3 is 2.33 bits per heavy atom. The first-order valence-corrected chi connectivity index (χ1v) is 14.3. The Morgan fingerprint density at radius 2 is 1.67 bits per heavy atom. The minimum absolute atomic E-state index is 0.0870. The molecule has 2 saturated heterocycles. The summed E-state index contributed by atoms with van der Waals surface area (Å²) in [5.41, 5.74) is 18.3. The van der Waals surface area contributed by atoms with Crippen molar-refractivity contribution < 1.29 is 19.2 Å². The van der Waals surface area contributed by atoms with E-state index in [0.29, 0.717) is 45.2 Å². The molecule has 0 spiro atoms. The van der Waals surface area contributed by atoms with E-state index in [0.717, 1.165) is 11.1 Å². The molecule has 2 aromatic carbocycles. The molecule has 0 bridgehead atoms. The highest BCUT2D eigenvalue weighted by atomic mass is 16.2. The zero-order chi connectivity index (χ0) is 30.1. The number of carbonyl (C=O) groups excluding carboxylic acids is 4. The van der Waals surface area contributed by atoms with Crippen LogP contribution in [-0.4, -0.2) is 83.3 Å². The topological polar surface area (TPSA) is 189 Å². The molecule has 0 radical (unpaired) electrons. The van der Waals surface area contributed by atoms with Gasteiger partial charge in [0.2, 0.25) is 11.7 Å². The Labute approximate surface area is 245 Å². The van der Waals surface area contributed by atoms with Crippen LogP contribution in [0.1, 0.15) is 36.8 Å². The second-order valence-corrected chi connectivity index (χ2v) is 10.8. The zero-order valence-corrected chi connectivity index (χ0v) is 23.7. The van der Waals surface area contributed by atoms with Gasteiger partial charge in [-0.3, -0.25) is 29.2 Å². The summed E-state index contributed by atoms with van der Waals surface area (Å²) in [6.07, 6.45) is 2.25. The number of rotatable bonds is 13. The molecule has 0 aliphatic carbocycles. The molecule has 3 unspecified atom stereocenters. The molecule has 2 aromatic rings. The van der Waals surface area contributed by atoms with Crippen molar-refractivity contribution >= 4 is 29.5 Å². The van der Waals surface area contributed by atoms with Crippen LogP contribution in [0, 0.1) is 0 Å². The van der Waals surface area contributed by atoms with Gasteiger partial charge in [-0.25, -0.2) is 5.01 Å². The minimum atomic E-state index is -1.16. The minimum Gasteiger partial charge on any atom is -0.370 e. The number of ketones is 1.